The van der Waals surface area contributed by atoms with E-state index in [1.54, 1.807) is 48.7 Å². The van der Waals surface area contributed by atoms with Gasteiger partial charge in [0.1, 0.15) is 36.0 Å². The van der Waals surface area contributed by atoms with Gasteiger partial charge in [-0.25, -0.2) is 0 Å². The fraction of sp³-hybridized carbons (Fsp3) is 0.404. The van der Waals surface area contributed by atoms with Gasteiger partial charge in [-0.2, -0.15) is 0 Å². The molecule has 0 fully saturated rings. The largest absolute Gasteiger partial charge is 0.508 e. The molecule has 0 aliphatic heterocycles. The lowest BCUT2D eigenvalue weighted by Crippen LogP contribution is -2.59. The van der Waals surface area contributed by atoms with E-state index >= 15 is 0 Å². The van der Waals surface area contributed by atoms with Crippen molar-refractivity contribution in [2.45, 2.75) is 108 Å². The number of carboxylic acids is 1. The van der Waals surface area contributed by atoms with Crippen LogP contribution in [0.2, 0.25) is 0 Å². The number of phenolic OH excluding ortho intramolecular Hbond substituents is 1. The number of rotatable bonds is 26. The van der Waals surface area contributed by atoms with Crippen LogP contribution in [0.5, 0.6) is 5.75 Å². The molecule has 1 aromatic heterocycles. The molecule has 348 valence electrons. The number of benzene rings is 3. The van der Waals surface area contributed by atoms with Gasteiger partial charge in [0.15, 0.2) is 0 Å². The van der Waals surface area contributed by atoms with Crippen molar-refractivity contribution in [2.75, 3.05) is 13.6 Å². The minimum absolute atomic E-state index is 0.0344. The second-order valence-electron chi connectivity index (χ2n) is 15.9. The third kappa shape index (κ3) is 15.8. The summed E-state index contributed by atoms with van der Waals surface area (Å²) in [5, 5.41) is 33.2. The maximum absolute atomic E-state index is 14.2. The average molecular weight is 897 g/mol. The maximum Gasteiger partial charge on any atom is 0.305 e. The molecule has 18 heteroatoms. The van der Waals surface area contributed by atoms with E-state index in [2.05, 4.69) is 31.6 Å². The number of aliphatic carboxylic acids is 1. The van der Waals surface area contributed by atoms with Crippen molar-refractivity contribution in [2.24, 2.45) is 5.73 Å². The van der Waals surface area contributed by atoms with Gasteiger partial charge in [-0.3, -0.25) is 38.4 Å². The van der Waals surface area contributed by atoms with E-state index in [4.69, 9.17) is 5.73 Å². The van der Waals surface area contributed by atoms with Gasteiger partial charge in [0, 0.05) is 37.0 Å². The Morgan fingerprint density at radius 3 is 1.89 bits per heavy atom. The molecule has 0 spiro atoms. The van der Waals surface area contributed by atoms with Crippen molar-refractivity contribution in [1.29, 1.82) is 0 Å². The summed E-state index contributed by atoms with van der Waals surface area (Å²) in [4.78, 5) is 111. The van der Waals surface area contributed by atoms with Crippen LogP contribution >= 0.6 is 0 Å². The van der Waals surface area contributed by atoms with Crippen molar-refractivity contribution in [3.8, 4) is 5.75 Å². The number of H-pyrrole nitrogens is 1. The first kappa shape index (κ1) is 50.4. The van der Waals surface area contributed by atoms with Crippen LogP contribution in [0, 0.1) is 0 Å². The summed E-state index contributed by atoms with van der Waals surface area (Å²) in [6.07, 6.45) is 3.55. The number of aromatic nitrogens is 1. The molecule has 0 saturated heterocycles. The SMILES string of the molecule is CCCC[C@H](NC(=O)Cc1ccc(O)cc1)C(=O)NCC(=O)N[C@@H](Cc1c[nH]c2ccccc12)C(=O)N[C@@H](CCCC)C(=O)N[C@H](CC(=O)O)C(=O)N(C)[C@@H](Cc1ccccc1)C(N)=O. The highest BCUT2D eigenvalue weighted by molar-refractivity contribution is 5.97. The predicted molar refractivity (Wildman–Crippen MR) is 242 cm³/mol. The Balaban J connectivity index is 1.51. The molecule has 0 aliphatic carbocycles. The van der Waals surface area contributed by atoms with Gasteiger partial charge in [0.2, 0.25) is 41.4 Å². The van der Waals surface area contributed by atoms with Gasteiger partial charge in [0.25, 0.3) is 0 Å². The van der Waals surface area contributed by atoms with Crippen LogP contribution in [-0.2, 0) is 57.6 Å². The van der Waals surface area contributed by atoms with Gasteiger partial charge >= 0.3 is 5.97 Å². The number of primary amides is 1. The summed E-state index contributed by atoms with van der Waals surface area (Å²) in [5.74, 6) is -6.52. The smallest absolute Gasteiger partial charge is 0.305 e. The van der Waals surface area contributed by atoms with E-state index < -0.39 is 90.5 Å². The van der Waals surface area contributed by atoms with Crippen molar-refractivity contribution < 1.29 is 48.6 Å². The van der Waals surface area contributed by atoms with Crippen LogP contribution in [0.1, 0.15) is 75.5 Å². The van der Waals surface area contributed by atoms with Crippen LogP contribution < -0.4 is 32.3 Å². The molecule has 0 aliphatic rings. The normalized spacial score (nSPS) is 13.3. The Morgan fingerprint density at radius 1 is 0.677 bits per heavy atom. The molecule has 10 N–H and O–H groups in total. The number of nitrogens with one attached hydrogen (secondary N) is 6. The third-order valence-corrected chi connectivity index (χ3v) is 10.9. The molecule has 18 nitrogen and oxygen atoms in total. The number of amides is 7. The number of carbonyl (C=O) groups excluding carboxylic acids is 7. The summed E-state index contributed by atoms with van der Waals surface area (Å²) < 4.78 is 0. The summed E-state index contributed by atoms with van der Waals surface area (Å²) in [6, 6.07) is 15.8. The number of nitrogens with two attached hydrogens (primary N) is 1. The molecule has 0 unspecified atom stereocenters. The number of carbonyl (C=O) groups is 8. The number of aromatic amines is 1. The van der Waals surface area contributed by atoms with Crippen LogP contribution in [-0.4, -0.2) is 111 Å². The third-order valence-electron chi connectivity index (χ3n) is 10.9. The van der Waals surface area contributed by atoms with Crippen LogP contribution in [0.25, 0.3) is 10.9 Å². The van der Waals surface area contributed by atoms with E-state index in [-0.39, 0.29) is 31.4 Å². The molecule has 4 rings (SSSR count). The maximum atomic E-state index is 14.2. The summed E-state index contributed by atoms with van der Waals surface area (Å²) >= 11 is 0. The van der Waals surface area contributed by atoms with Gasteiger partial charge in [0.05, 0.1) is 19.4 Å². The van der Waals surface area contributed by atoms with Crippen LogP contribution in [0.4, 0.5) is 0 Å². The van der Waals surface area contributed by atoms with Gasteiger partial charge < -0.3 is 52.4 Å². The molecule has 0 radical (unpaired) electrons. The standard InChI is InChI=1S/C47H60N8O10/c1-4-6-16-35(51-40(57)24-30-19-21-32(56)22-20-30)44(62)50-28-41(58)52-37(25-31-27-49-34-18-12-11-15-33(31)34)46(64)53-36(17-7-5-2)45(63)54-38(26-42(59)60)47(65)55(3)39(43(48)61)23-29-13-9-8-10-14-29/h8-15,18-22,27,35-39,49,56H,4-7,16-17,23-26,28H2,1-3H3,(H2,48,61)(H,50,62)(H,51,57)(H,52,58)(H,53,64)(H,54,63)(H,59,60)/t35-,36-,37-,38+,39-/m0/s1. The first-order valence-electron chi connectivity index (χ1n) is 21.7. The summed E-state index contributed by atoms with van der Waals surface area (Å²) in [5.41, 5.74) is 8.42. The number of hydrogen-bond acceptors (Lipinski definition) is 9. The van der Waals surface area contributed by atoms with E-state index in [9.17, 15) is 48.6 Å². The molecule has 0 saturated carbocycles. The van der Waals surface area contributed by atoms with Crippen LogP contribution in [0.3, 0.4) is 0 Å². The first-order valence-corrected chi connectivity index (χ1v) is 21.7. The van der Waals surface area contributed by atoms with Crippen LogP contribution in [0.15, 0.2) is 85.1 Å². The second kappa shape index (κ2) is 25.2. The van der Waals surface area contributed by atoms with E-state index in [0.29, 0.717) is 42.4 Å². The number of fused-ring (bicyclic) bond motifs is 1. The second-order valence-corrected chi connectivity index (χ2v) is 15.9. The number of hydrogen-bond donors (Lipinski definition) is 9. The summed E-state index contributed by atoms with van der Waals surface area (Å²) in [7, 11) is 1.29. The molecule has 65 heavy (non-hydrogen) atoms. The summed E-state index contributed by atoms with van der Waals surface area (Å²) in [6.45, 7) is 3.23. The number of phenols is 1. The molecule has 0 bridgehead atoms. The number of nitrogens with zero attached hydrogens (tertiary/aromatic N) is 1. The Bertz CT molecular complexity index is 2270. The Morgan fingerprint density at radius 2 is 1.26 bits per heavy atom. The van der Waals surface area contributed by atoms with Crippen molar-refractivity contribution >= 4 is 58.2 Å². The van der Waals surface area contributed by atoms with Crippen molar-refractivity contribution in [1.82, 2.24) is 36.5 Å². The Labute approximate surface area is 377 Å². The predicted octanol–water partition coefficient (Wildman–Crippen LogP) is 2.12. The first-order chi connectivity index (χ1) is 31.1. The topological polar surface area (TPSA) is 282 Å². The fourth-order valence-electron chi connectivity index (χ4n) is 7.25. The Kier molecular flexibility index (Phi) is 19.5. The number of carboxylic acid groups (broad SMARTS) is 1. The highest BCUT2D eigenvalue weighted by atomic mass is 16.4. The minimum Gasteiger partial charge on any atom is -0.508 e. The molecule has 5 atom stereocenters. The number of likely N-dealkylation sites (N-methyl/N-ethyl adjacent to an activating group) is 1. The minimum atomic E-state index is -1.65. The lowest BCUT2D eigenvalue weighted by molar-refractivity contribution is -0.146. The fourth-order valence-corrected chi connectivity index (χ4v) is 7.25. The van der Waals surface area contributed by atoms with Crippen molar-refractivity contribution in [3.05, 3.63) is 102 Å². The van der Waals surface area contributed by atoms with Gasteiger partial charge in [-0.05, 0) is 47.7 Å². The van der Waals surface area contributed by atoms with Crippen molar-refractivity contribution in [3.63, 3.8) is 0 Å². The highest BCUT2D eigenvalue weighted by Crippen LogP contribution is 2.20. The Hall–Kier alpha value is -7.24. The van der Waals surface area contributed by atoms with E-state index in [1.807, 2.05) is 38.1 Å². The van der Waals surface area contributed by atoms with Gasteiger partial charge in [-0.15, -0.1) is 0 Å². The number of aromatic hydroxyl groups is 1. The molecule has 4 aromatic rings. The molecular weight excluding hydrogens is 837 g/mol. The molecule has 1 heterocycles. The zero-order valence-electron chi connectivity index (χ0n) is 36.9. The van der Waals surface area contributed by atoms with E-state index in [1.165, 1.54) is 19.2 Å². The quantitative estimate of drug-likeness (QED) is 0.0443. The van der Waals surface area contributed by atoms with Gasteiger partial charge in [-0.1, -0.05) is 100 Å². The highest BCUT2D eigenvalue weighted by Gasteiger charge is 2.35. The molecular formula is C47H60N8O10. The lowest BCUT2D eigenvalue weighted by atomic mass is 10.0. The average Bonchev–Trinajstić information content (AvgIpc) is 3.69. The van der Waals surface area contributed by atoms with E-state index in [0.717, 1.165) is 22.2 Å². The monoisotopic (exact) mass is 896 g/mol. The zero-order valence-corrected chi connectivity index (χ0v) is 36.9. The number of para-hydroxylation sites is 1. The lowest BCUT2D eigenvalue weighted by Gasteiger charge is -2.30. The zero-order chi connectivity index (χ0) is 47.5. The molecule has 3 aromatic carbocycles. The molecule has 7 amide bonds. The number of unbranched alkanes of at least 4 members (excludes halogenated alkanes) is 2.